The van der Waals surface area contributed by atoms with E-state index in [0.717, 1.165) is 68.5 Å². The van der Waals surface area contributed by atoms with E-state index in [1.165, 1.54) is 12.4 Å². The number of unbranched alkanes of at least 4 members (excludes halogenated alkanes) is 2. The van der Waals surface area contributed by atoms with Crippen LogP contribution in [0.1, 0.15) is 109 Å². The van der Waals surface area contributed by atoms with Gasteiger partial charge in [0, 0.05) is 60.2 Å². The molecule has 0 aliphatic heterocycles. The maximum absolute atomic E-state index is 13.0. The van der Waals surface area contributed by atoms with Gasteiger partial charge >= 0.3 is 15.2 Å². The number of halogens is 2. The Morgan fingerprint density at radius 3 is 1.45 bits per heavy atom. The van der Waals surface area contributed by atoms with Crippen LogP contribution in [0, 0.1) is 36.5 Å². The van der Waals surface area contributed by atoms with Crippen molar-refractivity contribution in [1.29, 1.82) is 10.5 Å². The molecule has 0 atom stereocenters. The van der Waals surface area contributed by atoms with Gasteiger partial charge in [0.15, 0.2) is 0 Å². The number of rotatable bonds is 33. The molecule has 0 fully saturated rings. The normalized spacial score (nSPS) is 11.5. The minimum Gasteiger partial charge on any atom is -0.488 e. The van der Waals surface area contributed by atoms with E-state index < -0.39 is 15.2 Å². The second kappa shape index (κ2) is 31.1. The van der Waals surface area contributed by atoms with Gasteiger partial charge in [-0.2, -0.15) is 10.5 Å². The summed E-state index contributed by atoms with van der Waals surface area (Å²) >= 11 is 13.9. The van der Waals surface area contributed by atoms with E-state index in [9.17, 15) is 19.7 Å². The molecule has 0 saturated carbocycles. The van der Waals surface area contributed by atoms with Gasteiger partial charge in [0.05, 0.1) is 59.9 Å². The van der Waals surface area contributed by atoms with Crippen molar-refractivity contribution in [3.8, 4) is 46.3 Å². The van der Waals surface area contributed by atoms with Crippen molar-refractivity contribution < 1.29 is 46.2 Å². The number of pyridine rings is 2. The van der Waals surface area contributed by atoms with Gasteiger partial charge in [0.2, 0.25) is 0 Å². The second-order valence-corrected chi connectivity index (χ2v) is 23.4. The van der Waals surface area contributed by atoms with E-state index in [4.69, 9.17) is 60.2 Å². The SMILES string of the molecule is CCOP(=O)(CCCCCc1cc(Cl)c(OCc2cccc(-c3cccc(COc4cc(OCc5cncc(C#N)c5)c(CNCCCP(=O)(OCC)OCC)cc4Cl)c3C)c2C)cc1OCc1cncc(C#N)c1)OCC. The van der Waals surface area contributed by atoms with Crippen molar-refractivity contribution in [2.24, 2.45) is 0 Å². The predicted octanol–water partition coefficient (Wildman–Crippen LogP) is 14.9. The van der Waals surface area contributed by atoms with E-state index in [1.807, 2.05) is 56.3 Å². The first-order chi connectivity index (χ1) is 37.7. The van der Waals surface area contributed by atoms with E-state index in [-0.39, 0.29) is 32.6 Å². The highest BCUT2D eigenvalue weighted by molar-refractivity contribution is 7.54. The summed E-state index contributed by atoms with van der Waals surface area (Å²) in [7, 11) is -6.30. The Kier molecular flexibility index (Phi) is 24.5. The lowest BCUT2D eigenvalue weighted by Gasteiger charge is -2.19. The molecule has 2 heterocycles. The van der Waals surface area contributed by atoms with Crippen LogP contribution in [-0.2, 0) is 66.6 Å². The molecule has 0 aliphatic rings. The maximum atomic E-state index is 13.0. The number of ether oxygens (including phenoxy) is 4. The zero-order chi connectivity index (χ0) is 55.9. The average molecular weight is 1140 g/mol. The largest absolute Gasteiger partial charge is 0.488 e. The minimum atomic E-state index is -3.17. The summed E-state index contributed by atoms with van der Waals surface area (Å²) in [5.41, 5.74) is 10.1. The van der Waals surface area contributed by atoms with Crippen LogP contribution in [0.15, 0.2) is 97.6 Å². The summed E-state index contributed by atoms with van der Waals surface area (Å²) in [6, 6.07) is 27.3. The summed E-state index contributed by atoms with van der Waals surface area (Å²) in [5, 5.41) is 23.2. The summed E-state index contributed by atoms with van der Waals surface area (Å²) in [4.78, 5) is 8.37. The predicted molar refractivity (Wildman–Crippen MR) is 305 cm³/mol. The van der Waals surface area contributed by atoms with Gasteiger partial charge in [0.25, 0.3) is 0 Å². The molecule has 0 aliphatic carbocycles. The first-order valence-electron chi connectivity index (χ1n) is 26.2. The zero-order valence-corrected chi connectivity index (χ0v) is 48.6. The number of nitriles is 2. The molecule has 6 aromatic rings. The number of hydrogen-bond acceptors (Lipinski definition) is 15. The van der Waals surface area contributed by atoms with Crippen LogP contribution in [0.5, 0.6) is 23.0 Å². The number of nitrogens with one attached hydrogen (secondary N) is 1. The van der Waals surface area contributed by atoms with Crippen LogP contribution in [-0.4, -0.2) is 55.3 Å². The molecule has 19 heteroatoms. The van der Waals surface area contributed by atoms with Gasteiger partial charge < -0.3 is 42.4 Å². The Hall–Kier alpha value is -5.80. The Balaban J connectivity index is 1.16. The average Bonchev–Trinajstić information content (AvgIpc) is 3.42. The highest BCUT2D eigenvalue weighted by Crippen LogP contribution is 2.49. The number of hydrogen-bond donors (Lipinski definition) is 1. The standard InChI is InChI=1S/C59H69Cl2N5O10P2/c1-7-73-77(67,74-8-2)23-13-11-12-17-48-27-54(60)58(29-56(48)69-38-46-25-44(31-62)33-65-35-46)71-40-49-18-14-20-52(42(49)5)53-21-15-19-50(43(53)6)41-72-59-30-57(70-39-47-26-45(32-63)34-66-36-47)51(28-55(59)61)37-64-22-16-24-78(68,75-9-3)76-10-4/h14-15,18-21,25-30,33-36,64H,7-13,16-17,22-24,37-41H2,1-6H3. The first-order valence-corrected chi connectivity index (χ1v) is 30.4. The number of nitrogens with zero attached hydrogens (tertiary/aromatic N) is 4. The van der Waals surface area contributed by atoms with Crippen molar-refractivity contribution in [2.45, 2.75) is 107 Å². The van der Waals surface area contributed by atoms with E-state index in [0.29, 0.717) is 109 Å². The third-order valence-corrected chi connectivity index (χ3v) is 17.5. The lowest BCUT2D eigenvalue weighted by Crippen LogP contribution is -2.17. The van der Waals surface area contributed by atoms with Gasteiger partial charge in [-0.3, -0.25) is 19.1 Å². The van der Waals surface area contributed by atoms with Gasteiger partial charge in [-0.05, 0) is 137 Å². The summed E-state index contributed by atoms with van der Waals surface area (Å²) in [6.45, 7) is 14.3. The second-order valence-electron chi connectivity index (χ2n) is 18.2. The summed E-state index contributed by atoms with van der Waals surface area (Å²) in [6.07, 6.45) is 10.4. The molecule has 0 amide bonds. The van der Waals surface area contributed by atoms with Crippen molar-refractivity contribution in [3.63, 3.8) is 0 Å². The molecule has 0 unspecified atom stereocenters. The van der Waals surface area contributed by atoms with Gasteiger partial charge in [-0.15, -0.1) is 0 Å². The molecule has 0 radical (unpaired) electrons. The third-order valence-electron chi connectivity index (χ3n) is 12.6. The molecule has 78 heavy (non-hydrogen) atoms. The molecule has 6 rings (SSSR count). The fraction of sp³-hybridized carbons (Fsp3) is 0.390. The minimum absolute atomic E-state index is 0.153. The van der Waals surface area contributed by atoms with Crippen molar-refractivity contribution in [2.75, 3.05) is 45.3 Å². The van der Waals surface area contributed by atoms with Crippen LogP contribution in [0.2, 0.25) is 10.0 Å². The molecular formula is C59H69Cl2N5O10P2. The quantitative estimate of drug-likeness (QED) is 0.0302. The molecule has 0 spiro atoms. The molecule has 1 N–H and O–H groups in total. The van der Waals surface area contributed by atoms with Gasteiger partial charge in [-0.1, -0.05) is 66.0 Å². The number of aromatic nitrogens is 2. The van der Waals surface area contributed by atoms with Crippen molar-refractivity contribution in [1.82, 2.24) is 15.3 Å². The van der Waals surface area contributed by atoms with E-state index >= 15 is 0 Å². The lowest BCUT2D eigenvalue weighted by atomic mass is 9.92. The highest BCUT2D eigenvalue weighted by Gasteiger charge is 2.24. The lowest BCUT2D eigenvalue weighted by molar-refractivity contribution is 0.218. The Bertz CT molecular complexity index is 2910. The summed E-state index contributed by atoms with van der Waals surface area (Å²) in [5.74, 6) is 2.03. The number of aryl methyl sites for hydroxylation is 1. The molecule has 15 nitrogen and oxygen atoms in total. The Labute approximate surface area is 469 Å². The molecule has 4 aromatic carbocycles. The molecule has 2 aromatic heterocycles. The fourth-order valence-corrected chi connectivity index (χ4v) is 12.5. The van der Waals surface area contributed by atoms with Gasteiger partial charge in [-0.25, -0.2) is 0 Å². The Morgan fingerprint density at radius 1 is 0.526 bits per heavy atom. The Morgan fingerprint density at radius 2 is 0.974 bits per heavy atom. The topological polar surface area (TPSA) is 193 Å². The van der Waals surface area contributed by atoms with Gasteiger partial charge in [0.1, 0.15) is 61.6 Å². The van der Waals surface area contributed by atoms with Crippen LogP contribution in [0.25, 0.3) is 11.1 Å². The monoisotopic (exact) mass is 1140 g/mol. The molecule has 0 saturated heterocycles. The van der Waals surface area contributed by atoms with Crippen molar-refractivity contribution in [3.05, 3.63) is 163 Å². The smallest absolute Gasteiger partial charge is 0.330 e. The van der Waals surface area contributed by atoms with Crippen LogP contribution in [0.4, 0.5) is 0 Å². The molecule has 0 bridgehead atoms. The fourth-order valence-electron chi connectivity index (χ4n) is 8.67. The zero-order valence-electron chi connectivity index (χ0n) is 45.3. The maximum Gasteiger partial charge on any atom is 0.330 e. The number of benzene rings is 4. The van der Waals surface area contributed by atoms with Crippen LogP contribution in [0.3, 0.4) is 0 Å². The van der Waals surface area contributed by atoms with E-state index in [1.54, 1.807) is 44.4 Å². The highest BCUT2D eigenvalue weighted by atomic mass is 35.5. The van der Waals surface area contributed by atoms with Crippen LogP contribution < -0.4 is 24.3 Å². The molecular weight excluding hydrogens is 1070 g/mol. The van der Waals surface area contributed by atoms with Crippen LogP contribution >= 0.6 is 38.4 Å². The van der Waals surface area contributed by atoms with E-state index in [2.05, 4.69) is 53.4 Å². The van der Waals surface area contributed by atoms with Crippen molar-refractivity contribution >= 4 is 38.4 Å². The first kappa shape index (κ1) is 61.4. The third kappa shape index (κ3) is 18.1. The summed E-state index contributed by atoms with van der Waals surface area (Å²) < 4.78 is 73.6. The molecule has 414 valence electrons.